The maximum atomic E-state index is 11.8. The van der Waals surface area contributed by atoms with Gasteiger partial charge in [0.15, 0.2) is 5.78 Å². The van der Waals surface area contributed by atoms with Crippen LogP contribution in [0.1, 0.15) is 25.7 Å². The molecule has 3 rings (SSSR count). The third-order valence-corrected chi connectivity index (χ3v) is 4.00. The molecule has 1 saturated carbocycles. The number of carbonyl (C=O) groups excluding carboxylic acids is 1. The zero-order chi connectivity index (χ0) is 13.2. The van der Waals surface area contributed by atoms with Crippen LogP contribution in [-0.2, 0) is 4.79 Å². The van der Waals surface area contributed by atoms with Crippen molar-refractivity contribution in [2.75, 3.05) is 0 Å². The summed E-state index contributed by atoms with van der Waals surface area (Å²) in [7, 11) is 0. The van der Waals surface area contributed by atoms with Gasteiger partial charge in [-0.05, 0) is 42.5 Å². The quantitative estimate of drug-likeness (QED) is 0.804. The number of fused-ring (bicyclic) bond motifs is 1. The Hall–Kier alpha value is -1.54. The maximum absolute atomic E-state index is 11.8. The lowest BCUT2D eigenvalue weighted by molar-refractivity contribution is -0.117. The number of ketones is 1. The van der Waals surface area contributed by atoms with Gasteiger partial charge >= 0.3 is 0 Å². The summed E-state index contributed by atoms with van der Waals surface area (Å²) in [5.41, 5.74) is 0.970. The highest BCUT2D eigenvalue weighted by Crippen LogP contribution is 2.36. The number of hydrogen-bond acceptors (Lipinski definition) is 2. The molecule has 2 aliphatic rings. The van der Waals surface area contributed by atoms with E-state index >= 15 is 0 Å². The van der Waals surface area contributed by atoms with E-state index in [1.807, 2.05) is 36.4 Å². The minimum atomic E-state index is 0.296. The molecule has 98 valence electrons. The van der Waals surface area contributed by atoms with E-state index in [0.717, 1.165) is 30.6 Å². The van der Waals surface area contributed by atoms with Crippen molar-refractivity contribution in [3.63, 3.8) is 0 Å². The smallest absolute Gasteiger partial charge is 0.159 e. The highest BCUT2D eigenvalue weighted by Gasteiger charge is 2.28. The van der Waals surface area contributed by atoms with Crippen LogP contribution in [-0.4, -0.2) is 5.78 Å². The number of hydrogen-bond donors (Lipinski definition) is 0. The molecule has 0 aliphatic heterocycles. The molecule has 0 aromatic heterocycles. The Balaban J connectivity index is 1.80. The van der Waals surface area contributed by atoms with Crippen LogP contribution >= 0.6 is 11.6 Å². The minimum absolute atomic E-state index is 0.296. The van der Waals surface area contributed by atoms with Gasteiger partial charge in [0.1, 0.15) is 11.5 Å². The second-order valence-corrected chi connectivity index (χ2v) is 5.41. The number of carbonyl (C=O) groups is 1. The molecule has 3 heteroatoms. The molecule has 0 bridgehead atoms. The van der Waals surface area contributed by atoms with Gasteiger partial charge in [0.2, 0.25) is 0 Å². The van der Waals surface area contributed by atoms with E-state index in [0.29, 0.717) is 28.9 Å². The summed E-state index contributed by atoms with van der Waals surface area (Å²) in [6.07, 6.45) is 7.36. The molecule has 1 aromatic carbocycles. The Morgan fingerprint density at radius 2 is 2.05 bits per heavy atom. The molecule has 1 atom stereocenters. The predicted octanol–water partition coefficient (Wildman–Crippen LogP) is 4.30. The molecule has 0 spiro atoms. The third kappa shape index (κ3) is 2.59. The Morgan fingerprint density at radius 1 is 1.21 bits per heavy atom. The van der Waals surface area contributed by atoms with E-state index < -0.39 is 0 Å². The number of rotatable bonds is 2. The van der Waals surface area contributed by atoms with E-state index in [1.54, 1.807) is 0 Å². The fourth-order valence-electron chi connectivity index (χ4n) is 2.72. The molecule has 2 aliphatic carbocycles. The molecule has 1 aromatic rings. The van der Waals surface area contributed by atoms with Gasteiger partial charge < -0.3 is 4.74 Å². The molecule has 0 radical (unpaired) electrons. The van der Waals surface area contributed by atoms with Gasteiger partial charge in [-0.3, -0.25) is 4.79 Å². The zero-order valence-corrected chi connectivity index (χ0v) is 11.3. The number of Topliss-reactive ketones (excluding diaryl/α,β-unsaturated/α-hetero) is 1. The van der Waals surface area contributed by atoms with Crippen molar-refractivity contribution < 1.29 is 9.53 Å². The van der Waals surface area contributed by atoms with Gasteiger partial charge in [-0.25, -0.2) is 0 Å². The third-order valence-electron chi connectivity index (χ3n) is 3.69. The normalized spacial score (nSPS) is 22.4. The lowest BCUT2D eigenvalue weighted by atomic mass is 9.78. The summed E-state index contributed by atoms with van der Waals surface area (Å²) >= 11 is 6.08. The summed E-state index contributed by atoms with van der Waals surface area (Å²) < 4.78 is 5.84. The van der Waals surface area contributed by atoms with Crippen molar-refractivity contribution in [1.82, 2.24) is 0 Å². The van der Waals surface area contributed by atoms with Gasteiger partial charge in [-0.1, -0.05) is 29.8 Å². The van der Waals surface area contributed by atoms with E-state index in [1.165, 1.54) is 0 Å². The summed E-state index contributed by atoms with van der Waals surface area (Å²) in [6, 6.07) is 7.44. The molecule has 2 nitrogen and oxygen atoms in total. The van der Waals surface area contributed by atoms with Crippen molar-refractivity contribution in [2.24, 2.45) is 5.92 Å². The SMILES string of the molecule is O=C1CCCC2CC(Oc3ccccc3Cl)=CC=C12. The molecule has 1 fully saturated rings. The minimum Gasteiger partial charge on any atom is -0.460 e. The summed E-state index contributed by atoms with van der Waals surface area (Å²) in [4.78, 5) is 11.8. The van der Waals surface area contributed by atoms with E-state index in [-0.39, 0.29) is 0 Å². The van der Waals surface area contributed by atoms with Crippen molar-refractivity contribution >= 4 is 17.4 Å². The molecule has 1 unspecified atom stereocenters. The highest BCUT2D eigenvalue weighted by atomic mass is 35.5. The van der Waals surface area contributed by atoms with Crippen LogP contribution in [0, 0.1) is 5.92 Å². The van der Waals surface area contributed by atoms with E-state index in [2.05, 4.69) is 0 Å². The molecule has 0 saturated heterocycles. The second kappa shape index (κ2) is 5.22. The molecule has 19 heavy (non-hydrogen) atoms. The molecule has 0 amide bonds. The summed E-state index contributed by atoms with van der Waals surface area (Å²) in [5, 5.41) is 0.609. The topological polar surface area (TPSA) is 26.3 Å². The first-order chi connectivity index (χ1) is 9.24. The molecule has 0 N–H and O–H groups in total. The largest absolute Gasteiger partial charge is 0.460 e. The van der Waals surface area contributed by atoms with Gasteiger partial charge in [-0.2, -0.15) is 0 Å². The van der Waals surface area contributed by atoms with Gasteiger partial charge in [0.25, 0.3) is 0 Å². The number of ether oxygens (including phenoxy) is 1. The average molecular weight is 275 g/mol. The summed E-state index contributed by atoms with van der Waals surface area (Å²) in [6.45, 7) is 0. The number of halogens is 1. The first-order valence-electron chi connectivity index (χ1n) is 6.60. The first-order valence-corrected chi connectivity index (χ1v) is 6.98. The van der Waals surface area contributed by atoms with Gasteiger partial charge in [0, 0.05) is 12.8 Å². The highest BCUT2D eigenvalue weighted by molar-refractivity contribution is 6.32. The fourth-order valence-corrected chi connectivity index (χ4v) is 2.89. The van der Waals surface area contributed by atoms with Crippen LogP contribution in [0.15, 0.2) is 47.7 Å². The number of para-hydroxylation sites is 1. The lowest BCUT2D eigenvalue weighted by Gasteiger charge is -2.27. The monoisotopic (exact) mass is 274 g/mol. The first kappa shape index (κ1) is 12.5. The fraction of sp³-hybridized carbons (Fsp3) is 0.312. The van der Waals surface area contributed by atoms with Crippen molar-refractivity contribution in [3.05, 3.63) is 52.8 Å². The van der Waals surface area contributed by atoms with Crippen LogP contribution in [0.4, 0.5) is 0 Å². The number of benzene rings is 1. The van der Waals surface area contributed by atoms with Gasteiger partial charge in [0.05, 0.1) is 5.02 Å². The Kier molecular flexibility index (Phi) is 3.43. The van der Waals surface area contributed by atoms with Crippen LogP contribution < -0.4 is 4.74 Å². The maximum Gasteiger partial charge on any atom is 0.159 e. The zero-order valence-electron chi connectivity index (χ0n) is 10.6. The lowest BCUT2D eigenvalue weighted by Crippen LogP contribution is -2.22. The molecular weight excluding hydrogens is 260 g/mol. The molecular formula is C16H15ClO2. The Labute approximate surface area is 117 Å². The van der Waals surface area contributed by atoms with Crippen molar-refractivity contribution in [2.45, 2.75) is 25.7 Å². The standard InChI is InChI=1S/C16H15ClO2/c17-14-5-1-2-7-16(14)19-12-8-9-13-11(10-12)4-3-6-15(13)18/h1-2,5,7-9,11H,3-4,6,10H2. The van der Waals surface area contributed by atoms with Crippen LogP contribution in [0.3, 0.4) is 0 Å². The van der Waals surface area contributed by atoms with Crippen molar-refractivity contribution in [1.29, 1.82) is 0 Å². The Morgan fingerprint density at radius 3 is 2.89 bits per heavy atom. The second-order valence-electron chi connectivity index (χ2n) is 5.00. The van der Waals surface area contributed by atoms with Gasteiger partial charge in [-0.15, -0.1) is 0 Å². The molecule has 0 heterocycles. The van der Waals surface area contributed by atoms with E-state index in [4.69, 9.17) is 16.3 Å². The van der Waals surface area contributed by atoms with E-state index in [9.17, 15) is 4.79 Å². The predicted molar refractivity (Wildman–Crippen MR) is 75.2 cm³/mol. The van der Waals surface area contributed by atoms with Crippen LogP contribution in [0.5, 0.6) is 5.75 Å². The summed E-state index contributed by atoms with van der Waals surface area (Å²) in [5.74, 6) is 2.18. The van der Waals surface area contributed by atoms with Crippen LogP contribution in [0.2, 0.25) is 5.02 Å². The number of allylic oxidation sites excluding steroid dienone is 4. The van der Waals surface area contributed by atoms with Crippen LogP contribution in [0.25, 0.3) is 0 Å². The van der Waals surface area contributed by atoms with Crippen molar-refractivity contribution in [3.8, 4) is 5.75 Å². The average Bonchev–Trinajstić information content (AvgIpc) is 2.42. The Bertz CT molecular complexity index is 572.